The van der Waals surface area contributed by atoms with Crippen LogP contribution < -0.4 is 10.5 Å². The molecule has 0 aliphatic heterocycles. The van der Waals surface area contributed by atoms with Crippen LogP contribution in [0.5, 0.6) is 0 Å². The molecule has 3 nitrogen and oxygen atoms in total. The lowest BCUT2D eigenvalue weighted by Gasteiger charge is -2.06. The van der Waals surface area contributed by atoms with Crippen molar-refractivity contribution in [3.63, 3.8) is 0 Å². The van der Waals surface area contributed by atoms with E-state index in [0.29, 0.717) is 6.54 Å². The molecule has 2 rings (SSSR count). The highest BCUT2D eigenvalue weighted by Gasteiger charge is 2.03. The molecule has 0 spiro atoms. The van der Waals surface area contributed by atoms with Crippen LogP contribution >= 0.6 is 0 Å². The lowest BCUT2D eigenvalue weighted by Crippen LogP contribution is -2.05. The molecule has 0 radical (unpaired) electrons. The summed E-state index contributed by atoms with van der Waals surface area (Å²) in [5, 5.41) is 0. The van der Waals surface area contributed by atoms with Crippen molar-refractivity contribution in [2.45, 2.75) is 11.4 Å². The first-order chi connectivity index (χ1) is 8.29. The number of nitrogens with one attached hydrogen (secondary N) is 1. The zero-order chi connectivity index (χ0) is 12.1. The number of nitrogens with two attached hydrogens (primary N) is 1. The smallest absolute Gasteiger partial charge is 0.150 e. The van der Waals surface area contributed by atoms with Crippen molar-refractivity contribution in [1.29, 1.82) is 0 Å². The van der Waals surface area contributed by atoms with E-state index in [-0.39, 0.29) is 0 Å². The number of hydrogen-bond acceptors (Lipinski definition) is 2. The molecule has 88 valence electrons. The van der Waals surface area contributed by atoms with E-state index in [1.165, 1.54) is 0 Å². The molecule has 0 amide bonds. The van der Waals surface area contributed by atoms with Crippen LogP contribution in [0, 0.1) is 0 Å². The predicted molar refractivity (Wildman–Crippen MR) is 70.8 cm³/mol. The minimum absolute atomic E-state index is 0.499. The third-order valence-electron chi connectivity index (χ3n) is 2.36. The molecule has 0 saturated carbocycles. The average molecular weight is 246 g/mol. The minimum Gasteiger partial charge on any atom is -0.326 e. The van der Waals surface area contributed by atoms with Gasteiger partial charge in [0.25, 0.3) is 0 Å². The van der Waals surface area contributed by atoms with Crippen molar-refractivity contribution in [2.75, 3.05) is 4.72 Å². The summed E-state index contributed by atoms with van der Waals surface area (Å²) in [7, 11) is -1.24. The molecule has 0 aliphatic rings. The molecule has 0 heterocycles. The van der Waals surface area contributed by atoms with E-state index in [9.17, 15) is 4.21 Å². The van der Waals surface area contributed by atoms with Gasteiger partial charge in [0.1, 0.15) is 11.0 Å². The highest BCUT2D eigenvalue weighted by atomic mass is 32.2. The molecular weight excluding hydrogens is 232 g/mol. The maximum atomic E-state index is 12.0. The average Bonchev–Trinajstić information content (AvgIpc) is 2.40. The van der Waals surface area contributed by atoms with Crippen molar-refractivity contribution in [1.82, 2.24) is 0 Å². The standard InChI is InChI=1S/C13H14N2OS/c14-10-11-6-8-13(9-7-11)17(16)15-12-4-2-1-3-5-12/h1-9,15H,10,14H2. The molecule has 1 unspecified atom stereocenters. The lowest BCUT2D eigenvalue weighted by atomic mass is 10.2. The molecule has 1 atom stereocenters. The minimum atomic E-state index is -1.24. The van der Waals surface area contributed by atoms with Crippen molar-refractivity contribution < 1.29 is 4.21 Å². The third-order valence-corrected chi connectivity index (χ3v) is 3.48. The molecule has 3 N–H and O–H groups in total. The van der Waals surface area contributed by atoms with Crippen LogP contribution in [0.1, 0.15) is 5.56 Å². The number of hydrogen-bond donors (Lipinski definition) is 2. The summed E-state index contributed by atoms with van der Waals surface area (Å²) < 4.78 is 14.9. The van der Waals surface area contributed by atoms with E-state index in [2.05, 4.69) is 4.72 Å². The Morgan fingerprint density at radius 2 is 1.65 bits per heavy atom. The second-order valence-electron chi connectivity index (χ2n) is 3.58. The molecule has 0 aromatic heterocycles. The second kappa shape index (κ2) is 5.61. The van der Waals surface area contributed by atoms with E-state index in [0.717, 1.165) is 16.1 Å². The Labute approximate surface area is 103 Å². The van der Waals surface area contributed by atoms with Crippen molar-refractivity contribution in [3.05, 3.63) is 60.2 Å². The van der Waals surface area contributed by atoms with Crippen molar-refractivity contribution >= 4 is 16.7 Å². The molecule has 2 aromatic rings. The number of benzene rings is 2. The SMILES string of the molecule is NCc1ccc(S(=O)Nc2ccccc2)cc1. The van der Waals surface area contributed by atoms with Crippen molar-refractivity contribution in [2.24, 2.45) is 5.73 Å². The Bertz CT molecular complexity index is 497. The molecular formula is C13H14N2OS. The zero-order valence-corrected chi connectivity index (χ0v) is 10.1. The Morgan fingerprint density at radius 3 is 2.24 bits per heavy atom. The third kappa shape index (κ3) is 3.15. The van der Waals surface area contributed by atoms with Gasteiger partial charge in [0.15, 0.2) is 0 Å². The van der Waals surface area contributed by atoms with Gasteiger partial charge in [-0.25, -0.2) is 4.21 Å². The van der Waals surface area contributed by atoms with Gasteiger partial charge in [0.2, 0.25) is 0 Å². The first-order valence-electron chi connectivity index (χ1n) is 5.32. The molecule has 0 bridgehead atoms. The summed E-state index contributed by atoms with van der Waals surface area (Å²) in [4.78, 5) is 0.742. The Morgan fingerprint density at radius 1 is 1.00 bits per heavy atom. The summed E-state index contributed by atoms with van der Waals surface area (Å²) in [5.74, 6) is 0. The molecule has 17 heavy (non-hydrogen) atoms. The second-order valence-corrected chi connectivity index (χ2v) is 4.80. The Hall–Kier alpha value is -1.65. The number of para-hydroxylation sites is 1. The highest BCUT2D eigenvalue weighted by molar-refractivity contribution is 7.86. The van der Waals surface area contributed by atoms with Crippen LogP contribution in [0.2, 0.25) is 0 Å². The highest BCUT2D eigenvalue weighted by Crippen LogP contribution is 2.12. The first kappa shape index (κ1) is 11.8. The summed E-state index contributed by atoms with van der Waals surface area (Å²) in [5.41, 5.74) is 7.38. The van der Waals surface area contributed by atoms with E-state index < -0.39 is 11.0 Å². The summed E-state index contributed by atoms with van der Waals surface area (Å²) in [6.07, 6.45) is 0. The maximum absolute atomic E-state index is 12.0. The largest absolute Gasteiger partial charge is 0.326 e. The fourth-order valence-electron chi connectivity index (χ4n) is 1.42. The molecule has 0 saturated heterocycles. The normalized spacial score (nSPS) is 12.1. The first-order valence-corrected chi connectivity index (χ1v) is 6.47. The van der Waals surface area contributed by atoms with E-state index >= 15 is 0 Å². The van der Waals surface area contributed by atoms with Gasteiger partial charge in [0, 0.05) is 12.2 Å². The van der Waals surface area contributed by atoms with E-state index in [4.69, 9.17) is 5.73 Å². The van der Waals surface area contributed by atoms with Gasteiger partial charge in [-0.15, -0.1) is 0 Å². The van der Waals surface area contributed by atoms with Crippen LogP contribution in [0.15, 0.2) is 59.5 Å². The maximum Gasteiger partial charge on any atom is 0.150 e. The van der Waals surface area contributed by atoms with Gasteiger partial charge < -0.3 is 10.5 Å². The molecule has 0 aliphatic carbocycles. The van der Waals surface area contributed by atoms with Gasteiger partial charge in [-0.05, 0) is 29.8 Å². The van der Waals surface area contributed by atoms with Gasteiger partial charge in [0.05, 0.1) is 4.90 Å². The molecule has 4 heteroatoms. The Balaban J connectivity index is 2.09. The van der Waals surface area contributed by atoms with Gasteiger partial charge >= 0.3 is 0 Å². The summed E-state index contributed by atoms with van der Waals surface area (Å²) in [6.45, 7) is 0.499. The van der Waals surface area contributed by atoms with Crippen LogP contribution in [0.25, 0.3) is 0 Å². The summed E-state index contributed by atoms with van der Waals surface area (Å²) in [6, 6.07) is 16.9. The van der Waals surface area contributed by atoms with Gasteiger partial charge in [-0.2, -0.15) is 0 Å². The fraction of sp³-hybridized carbons (Fsp3) is 0.0769. The quantitative estimate of drug-likeness (QED) is 0.869. The topological polar surface area (TPSA) is 55.1 Å². The zero-order valence-electron chi connectivity index (χ0n) is 9.30. The fourth-order valence-corrected chi connectivity index (χ4v) is 2.27. The van der Waals surface area contributed by atoms with Crippen LogP contribution in [0.3, 0.4) is 0 Å². The Kier molecular flexibility index (Phi) is 3.90. The summed E-state index contributed by atoms with van der Waals surface area (Å²) >= 11 is 0. The number of rotatable bonds is 4. The van der Waals surface area contributed by atoms with Crippen LogP contribution in [0.4, 0.5) is 5.69 Å². The van der Waals surface area contributed by atoms with Crippen molar-refractivity contribution in [3.8, 4) is 0 Å². The number of anilines is 1. The van der Waals surface area contributed by atoms with Gasteiger partial charge in [-0.3, -0.25) is 0 Å². The van der Waals surface area contributed by atoms with Crippen LogP contribution in [-0.4, -0.2) is 4.21 Å². The van der Waals surface area contributed by atoms with Crippen LogP contribution in [-0.2, 0) is 17.5 Å². The van der Waals surface area contributed by atoms with Gasteiger partial charge in [-0.1, -0.05) is 30.3 Å². The molecule has 0 fully saturated rings. The van der Waals surface area contributed by atoms with E-state index in [1.807, 2.05) is 54.6 Å². The molecule has 2 aromatic carbocycles. The van der Waals surface area contributed by atoms with E-state index in [1.54, 1.807) is 0 Å². The predicted octanol–water partition coefficient (Wildman–Crippen LogP) is 2.28. The monoisotopic (exact) mass is 246 g/mol. The lowest BCUT2D eigenvalue weighted by molar-refractivity contribution is 0.686.